The van der Waals surface area contributed by atoms with Crippen molar-refractivity contribution in [1.82, 2.24) is 0 Å². The first-order chi connectivity index (χ1) is 9.25. The van der Waals surface area contributed by atoms with Crippen LogP contribution in [0.3, 0.4) is 0 Å². The fourth-order valence-corrected chi connectivity index (χ4v) is 3.11. The zero-order chi connectivity index (χ0) is 16.3. The molecule has 0 aliphatic carbocycles. The Kier molecular flexibility index (Phi) is 32.3. The smallest absolute Gasteiger partial charge is 1.00 e. The normalized spacial score (nSPS) is 8.70. The van der Waals surface area contributed by atoms with E-state index in [4.69, 9.17) is 0 Å². The van der Waals surface area contributed by atoms with E-state index in [0.29, 0.717) is 0 Å². The first-order valence-electron chi connectivity index (χ1n) is 7.87. The van der Waals surface area contributed by atoms with E-state index in [1.165, 1.54) is 43.2 Å². The van der Waals surface area contributed by atoms with Crippen LogP contribution < -0.4 is 24.8 Å². The average Bonchev–Trinajstić information content (AvgIpc) is 2.59. The first kappa shape index (κ1) is 35.2. The summed E-state index contributed by atoms with van der Waals surface area (Å²) in [6, 6.07) is 2.24. The molecule has 0 radical (unpaired) electrons. The van der Waals surface area contributed by atoms with Gasteiger partial charge in [0.1, 0.15) is 0 Å². The predicted molar refractivity (Wildman–Crippen MR) is 99.7 cm³/mol. The van der Waals surface area contributed by atoms with Gasteiger partial charge in [0.2, 0.25) is 0 Å². The summed E-state index contributed by atoms with van der Waals surface area (Å²) in [6.45, 7) is 22.9. The van der Waals surface area contributed by atoms with Gasteiger partial charge in [0.15, 0.2) is 0 Å². The van der Waals surface area contributed by atoms with Crippen molar-refractivity contribution in [1.29, 1.82) is 0 Å². The summed E-state index contributed by atoms with van der Waals surface area (Å²) in [5.41, 5.74) is 5.75. The van der Waals surface area contributed by atoms with E-state index >= 15 is 0 Å². The largest absolute Gasteiger partial charge is 4.00 e. The number of hydrogen-bond donors (Lipinski definition) is 0. The van der Waals surface area contributed by atoms with Gasteiger partial charge in [-0.05, 0) is 24.2 Å². The molecule has 1 aromatic carbocycles. The van der Waals surface area contributed by atoms with E-state index in [9.17, 15) is 0 Å². The topological polar surface area (TPSA) is 0 Å². The van der Waals surface area contributed by atoms with Crippen molar-refractivity contribution in [3.8, 4) is 0 Å². The predicted octanol–water partition coefficient (Wildman–Crippen LogP) is 0.462. The fraction of sp³-hybridized carbons (Fsp3) is 0.684. The Morgan fingerprint density at radius 1 is 0.783 bits per heavy atom. The molecule has 0 saturated carbocycles. The summed E-state index contributed by atoms with van der Waals surface area (Å²) in [5, 5.41) is 0. The maximum atomic E-state index is 3.25. The minimum Gasteiger partial charge on any atom is -1.00 e. The Balaban J connectivity index is -0.0000000757. The average molecular weight is 415 g/mol. The van der Waals surface area contributed by atoms with E-state index < -0.39 is 0 Å². The zero-order valence-corrected chi connectivity index (χ0v) is 20.7. The SMILES string of the molecule is CC(C)CPCC(C)C.Cc1[cH-]c(C)c(C)c1C.[CH2-]C.[Cl-].[Cl-].[Ti+4]. The molecule has 23 heavy (non-hydrogen) atoms. The summed E-state index contributed by atoms with van der Waals surface area (Å²) in [6.07, 6.45) is 2.86. The number of hydrogen-bond acceptors (Lipinski definition) is 0. The number of aryl methyl sites for hydroxylation is 2. The van der Waals surface area contributed by atoms with Gasteiger partial charge < -0.3 is 31.7 Å². The van der Waals surface area contributed by atoms with E-state index in [2.05, 4.69) is 68.4 Å². The maximum Gasteiger partial charge on any atom is 4.00 e. The molecular formula is C19H37Cl2PTi. The molecule has 0 bridgehead atoms. The van der Waals surface area contributed by atoms with Gasteiger partial charge >= 0.3 is 21.7 Å². The van der Waals surface area contributed by atoms with E-state index in [-0.39, 0.29) is 46.5 Å². The third-order valence-electron chi connectivity index (χ3n) is 3.28. The molecule has 0 heterocycles. The van der Waals surface area contributed by atoms with Crippen LogP contribution in [0.2, 0.25) is 0 Å². The van der Waals surface area contributed by atoms with Gasteiger partial charge in [0.25, 0.3) is 0 Å². The molecule has 1 aromatic rings. The van der Waals surface area contributed by atoms with Crippen LogP contribution >= 0.6 is 8.58 Å². The Bertz CT molecular complexity index is 317. The van der Waals surface area contributed by atoms with Gasteiger partial charge in [-0.15, -0.1) is 8.58 Å². The van der Waals surface area contributed by atoms with Crippen molar-refractivity contribution in [3.05, 3.63) is 35.2 Å². The van der Waals surface area contributed by atoms with Crippen LogP contribution in [0, 0.1) is 46.5 Å². The molecule has 0 fully saturated rings. The monoisotopic (exact) mass is 414 g/mol. The van der Waals surface area contributed by atoms with Gasteiger partial charge in [-0.1, -0.05) is 55.4 Å². The summed E-state index contributed by atoms with van der Waals surface area (Å²) >= 11 is 0. The third-order valence-corrected chi connectivity index (χ3v) is 5.49. The summed E-state index contributed by atoms with van der Waals surface area (Å²) in [4.78, 5) is 0. The quantitative estimate of drug-likeness (QED) is 0.381. The van der Waals surface area contributed by atoms with Gasteiger partial charge in [-0.2, -0.15) is 35.2 Å². The van der Waals surface area contributed by atoms with Gasteiger partial charge in [-0.3, -0.25) is 0 Å². The molecule has 0 N–H and O–H groups in total. The third kappa shape index (κ3) is 19.2. The summed E-state index contributed by atoms with van der Waals surface area (Å²) in [7, 11) is 1.19. The maximum absolute atomic E-state index is 3.25. The van der Waals surface area contributed by atoms with Crippen LogP contribution in [-0.2, 0) is 21.7 Å². The number of rotatable bonds is 4. The molecular weight excluding hydrogens is 378 g/mol. The van der Waals surface area contributed by atoms with Crippen molar-refractivity contribution in [2.75, 3.05) is 12.3 Å². The molecule has 0 atom stereocenters. The van der Waals surface area contributed by atoms with Crippen molar-refractivity contribution >= 4 is 8.58 Å². The Morgan fingerprint density at radius 3 is 1.17 bits per heavy atom. The minimum atomic E-state index is 0. The second kappa shape index (κ2) is 21.1. The molecule has 0 saturated heterocycles. The molecule has 0 spiro atoms. The molecule has 0 aromatic heterocycles. The molecule has 136 valence electrons. The molecule has 0 aliphatic heterocycles. The molecule has 4 heteroatoms. The van der Waals surface area contributed by atoms with Gasteiger partial charge in [-0.25, -0.2) is 0 Å². The van der Waals surface area contributed by atoms with Crippen LogP contribution in [0.15, 0.2) is 6.07 Å². The van der Waals surface area contributed by atoms with Crippen LogP contribution in [0.5, 0.6) is 0 Å². The molecule has 0 amide bonds. The molecule has 0 nitrogen and oxygen atoms in total. The van der Waals surface area contributed by atoms with Gasteiger partial charge in [0, 0.05) is 0 Å². The molecule has 0 aliphatic rings. The van der Waals surface area contributed by atoms with E-state index in [1.54, 1.807) is 6.92 Å². The van der Waals surface area contributed by atoms with Crippen LogP contribution in [0.25, 0.3) is 0 Å². The molecule has 1 rings (SSSR count). The summed E-state index contributed by atoms with van der Waals surface area (Å²) < 4.78 is 0. The second-order valence-corrected chi connectivity index (χ2v) is 7.52. The first-order valence-corrected chi connectivity index (χ1v) is 9.28. The van der Waals surface area contributed by atoms with Crippen LogP contribution in [-0.4, -0.2) is 12.3 Å². The van der Waals surface area contributed by atoms with Crippen molar-refractivity contribution in [2.45, 2.75) is 62.3 Å². The summed E-state index contributed by atoms with van der Waals surface area (Å²) in [5.74, 6) is 1.81. The van der Waals surface area contributed by atoms with E-state index in [0.717, 1.165) is 11.8 Å². The Labute approximate surface area is 176 Å². The van der Waals surface area contributed by atoms with Crippen molar-refractivity contribution in [3.63, 3.8) is 0 Å². The van der Waals surface area contributed by atoms with Crippen molar-refractivity contribution < 1.29 is 46.5 Å². The van der Waals surface area contributed by atoms with Crippen molar-refractivity contribution in [2.24, 2.45) is 11.8 Å². The zero-order valence-electron chi connectivity index (χ0n) is 16.6. The Hall–Kier alpha value is 1.07. The fourth-order valence-electron chi connectivity index (χ4n) is 1.79. The van der Waals surface area contributed by atoms with Crippen LogP contribution in [0.4, 0.5) is 0 Å². The standard InChI is InChI=1S/C9H13.C8H19P.C2H5.2ClH.Ti/c1-6-5-7(2)9(4)8(6)3;1-7(2)5-9-6-8(3)4;1-2;;;/h5H,1-4H3;7-9H,5-6H2,1-4H3;1H2,2H3;2*1H;/q-1;;-1;;;+4/p-2. The number of halogens is 2. The van der Waals surface area contributed by atoms with Crippen LogP contribution in [0.1, 0.15) is 56.9 Å². The second-order valence-electron chi connectivity index (χ2n) is 6.21. The minimum absolute atomic E-state index is 0. The molecule has 0 unspecified atom stereocenters. The van der Waals surface area contributed by atoms with Gasteiger partial charge in [0.05, 0.1) is 0 Å². The Morgan fingerprint density at radius 2 is 1.04 bits per heavy atom. The van der Waals surface area contributed by atoms with E-state index in [1.807, 2.05) is 0 Å².